The minimum absolute atomic E-state index is 0.231. The smallest absolute Gasteiger partial charge is 0.129 e. The molecule has 0 bridgehead atoms. The van der Waals surface area contributed by atoms with Gasteiger partial charge in [0.25, 0.3) is 0 Å². The van der Waals surface area contributed by atoms with E-state index in [1.165, 1.54) is 12.1 Å². The summed E-state index contributed by atoms with van der Waals surface area (Å²) in [5.74, 6) is -1.00. The van der Waals surface area contributed by atoms with Gasteiger partial charge in [-0.3, -0.25) is 0 Å². The second-order valence-corrected chi connectivity index (χ2v) is 3.56. The number of rotatable bonds is 7. The average molecular weight is 229 g/mol. The first-order valence-corrected chi connectivity index (χ1v) is 5.52. The molecule has 0 saturated carbocycles. The quantitative estimate of drug-likeness (QED) is 0.726. The van der Waals surface area contributed by atoms with Gasteiger partial charge in [0.05, 0.1) is 0 Å². The molecular formula is C12H17F2NO. The molecule has 0 aliphatic heterocycles. The number of unbranched alkanes of at least 4 members (excludes halogenated alkanes) is 1. The molecule has 0 atom stereocenters. The van der Waals surface area contributed by atoms with Gasteiger partial charge in [0.1, 0.15) is 24.0 Å². The molecule has 0 amide bonds. The first-order chi connectivity index (χ1) is 7.72. The third-order valence-corrected chi connectivity index (χ3v) is 2.09. The van der Waals surface area contributed by atoms with Crippen LogP contribution in [-0.2, 0) is 0 Å². The Morgan fingerprint density at radius 3 is 2.44 bits per heavy atom. The molecule has 16 heavy (non-hydrogen) atoms. The van der Waals surface area contributed by atoms with E-state index in [9.17, 15) is 8.78 Å². The topological polar surface area (TPSA) is 21.3 Å². The zero-order chi connectivity index (χ0) is 11.8. The standard InChI is InChI=1S/C12H17F2NO/c1-2-3-4-15-5-6-16-12-8-10(13)7-11(14)9-12/h7-9,15H,2-6H2,1H3. The fourth-order valence-corrected chi connectivity index (χ4v) is 1.28. The van der Waals surface area contributed by atoms with E-state index >= 15 is 0 Å². The van der Waals surface area contributed by atoms with Gasteiger partial charge in [-0.15, -0.1) is 0 Å². The van der Waals surface area contributed by atoms with E-state index in [2.05, 4.69) is 12.2 Å². The van der Waals surface area contributed by atoms with Crippen molar-refractivity contribution in [2.24, 2.45) is 0 Å². The highest BCUT2D eigenvalue weighted by molar-refractivity contribution is 5.23. The second-order valence-electron chi connectivity index (χ2n) is 3.56. The van der Waals surface area contributed by atoms with Gasteiger partial charge in [-0.05, 0) is 13.0 Å². The van der Waals surface area contributed by atoms with Gasteiger partial charge < -0.3 is 10.1 Å². The van der Waals surface area contributed by atoms with Crippen LogP contribution >= 0.6 is 0 Å². The number of hydrogen-bond acceptors (Lipinski definition) is 2. The number of hydrogen-bond donors (Lipinski definition) is 1. The van der Waals surface area contributed by atoms with Crippen LogP contribution in [0.2, 0.25) is 0 Å². The predicted octanol–water partition coefficient (Wildman–Crippen LogP) is 2.73. The molecule has 4 heteroatoms. The number of halogens is 2. The van der Waals surface area contributed by atoms with Gasteiger partial charge >= 0.3 is 0 Å². The van der Waals surface area contributed by atoms with Crippen molar-refractivity contribution in [1.82, 2.24) is 5.32 Å². The Bertz CT molecular complexity index is 298. The lowest BCUT2D eigenvalue weighted by Gasteiger charge is -2.07. The highest BCUT2D eigenvalue weighted by Gasteiger charge is 2.00. The molecular weight excluding hydrogens is 212 g/mol. The van der Waals surface area contributed by atoms with Crippen LogP contribution in [0.25, 0.3) is 0 Å². The molecule has 0 spiro atoms. The molecule has 0 aliphatic rings. The van der Waals surface area contributed by atoms with Crippen molar-refractivity contribution < 1.29 is 13.5 Å². The lowest BCUT2D eigenvalue weighted by molar-refractivity contribution is 0.310. The molecule has 0 heterocycles. The summed E-state index contributed by atoms with van der Waals surface area (Å²) in [5, 5.41) is 3.17. The summed E-state index contributed by atoms with van der Waals surface area (Å²) >= 11 is 0. The van der Waals surface area contributed by atoms with Crippen LogP contribution < -0.4 is 10.1 Å². The summed E-state index contributed by atoms with van der Waals surface area (Å²) < 4.78 is 30.7. The highest BCUT2D eigenvalue weighted by Crippen LogP contribution is 2.14. The summed E-state index contributed by atoms with van der Waals surface area (Å²) in [4.78, 5) is 0. The summed E-state index contributed by atoms with van der Waals surface area (Å²) in [5.41, 5.74) is 0. The van der Waals surface area contributed by atoms with Crippen molar-refractivity contribution in [3.8, 4) is 5.75 Å². The molecule has 0 fully saturated rings. The normalized spacial score (nSPS) is 10.4. The third kappa shape index (κ3) is 5.07. The van der Waals surface area contributed by atoms with Crippen molar-refractivity contribution in [1.29, 1.82) is 0 Å². The van der Waals surface area contributed by atoms with Crippen LogP contribution in [0.4, 0.5) is 8.78 Å². The number of benzene rings is 1. The number of ether oxygens (including phenoxy) is 1. The van der Waals surface area contributed by atoms with Crippen LogP contribution in [-0.4, -0.2) is 19.7 Å². The van der Waals surface area contributed by atoms with Crippen molar-refractivity contribution in [3.05, 3.63) is 29.8 Å². The maximum absolute atomic E-state index is 12.8. The van der Waals surface area contributed by atoms with Gasteiger partial charge in [-0.1, -0.05) is 13.3 Å². The van der Waals surface area contributed by atoms with E-state index in [1.807, 2.05) is 0 Å². The summed E-state index contributed by atoms with van der Waals surface area (Å²) in [6.45, 7) is 4.15. The van der Waals surface area contributed by atoms with Gasteiger partial charge in [-0.2, -0.15) is 0 Å². The Labute approximate surface area is 94.6 Å². The molecule has 1 N–H and O–H groups in total. The Morgan fingerprint density at radius 1 is 1.12 bits per heavy atom. The zero-order valence-electron chi connectivity index (χ0n) is 9.43. The van der Waals surface area contributed by atoms with E-state index in [1.54, 1.807) is 0 Å². The maximum Gasteiger partial charge on any atom is 0.129 e. The van der Waals surface area contributed by atoms with Crippen molar-refractivity contribution >= 4 is 0 Å². The van der Waals surface area contributed by atoms with Crippen LogP contribution in [0, 0.1) is 11.6 Å². The molecule has 0 saturated heterocycles. The predicted molar refractivity (Wildman–Crippen MR) is 59.6 cm³/mol. The maximum atomic E-state index is 12.8. The minimum atomic E-state index is -0.617. The average Bonchev–Trinajstić information content (AvgIpc) is 2.22. The fraction of sp³-hybridized carbons (Fsp3) is 0.500. The lowest BCUT2D eigenvalue weighted by atomic mass is 10.3. The van der Waals surface area contributed by atoms with E-state index in [0.717, 1.165) is 25.5 Å². The Balaban J connectivity index is 2.21. The van der Waals surface area contributed by atoms with Crippen molar-refractivity contribution in [3.63, 3.8) is 0 Å². The van der Waals surface area contributed by atoms with Crippen molar-refractivity contribution in [2.75, 3.05) is 19.7 Å². The Kier molecular flexibility index (Phi) is 5.78. The van der Waals surface area contributed by atoms with Crippen LogP contribution in [0.3, 0.4) is 0 Å². The van der Waals surface area contributed by atoms with E-state index < -0.39 is 11.6 Å². The van der Waals surface area contributed by atoms with Gasteiger partial charge in [-0.25, -0.2) is 8.78 Å². The second kappa shape index (κ2) is 7.17. The molecule has 1 aromatic rings. The third-order valence-electron chi connectivity index (χ3n) is 2.09. The van der Waals surface area contributed by atoms with E-state index in [-0.39, 0.29) is 5.75 Å². The lowest BCUT2D eigenvalue weighted by Crippen LogP contribution is -2.22. The minimum Gasteiger partial charge on any atom is -0.492 e. The first kappa shape index (κ1) is 12.9. The van der Waals surface area contributed by atoms with Crippen LogP contribution in [0.5, 0.6) is 5.75 Å². The Morgan fingerprint density at radius 2 is 1.81 bits per heavy atom. The van der Waals surface area contributed by atoms with Crippen LogP contribution in [0.15, 0.2) is 18.2 Å². The van der Waals surface area contributed by atoms with Gasteiger partial charge in [0, 0.05) is 24.7 Å². The first-order valence-electron chi connectivity index (χ1n) is 5.52. The van der Waals surface area contributed by atoms with E-state index in [0.29, 0.717) is 13.2 Å². The number of nitrogens with one attached hydrogen (secondary N) is 1. The molecule has 90 valence electrons. The zero-order valence-corrected chi connectivity index (χ0v) is 9.43. The largest absolute Gasteiger partial charge is 0.492 e. The monoisotopic (exact) mass is 229 g/mol. The summed E-state index contributed by atoms with van der Waals surface area (Å²) in [7, 11) is 0. The van der Waals surface area contributed by atoms with Crippen molar-refractivity contribution in [2.45, 2.75) is 19.8 Å². The van der Waals surface area contributed by atoms with Crippen LogP contribution in [0.1, 0.15) is 19.8 Å². The molecule has 1 aromatic carbocycles. The van der Waals surface area contributed by atoms with Gasteiger partial charge in [0.15, 0.2) is 0 Å². The summed E-state index contributed by atoms with van der Waals surface area (Å²) in [6.07, 6.45) is 2.26. The molecule has 0 aromatic heterocycles. The molecule has 0 radical (unpaired) electrons. The van der Waals surface area contributed by atoms with E-state index in [4.69, 9.17) is 4.74 Å². The summed E-state index contributed by atoms with van der Waals surface area (Å²) in [6, 6.07) is 3.18. The molecule has 2 nitrogen and oxygen atoms in total. The molecule has 0 unspecified atom stereocenters. The SMILES string of the molecule is CCCCNCCOc1cc(F)cc(F)c1. The molecule has 1 rings (SSSR count). The Hall–Kier alpha value is -1.16. The fourth-order valence-electron chi connectivity index (χ4n) is 1.28. The van der Waals surface area contributed by atoms with Gasteiger partial charge in [0.2, 0.25) is 0 Å². The molecule has 0 aliphatic carbocycles. The highest BCUT2D eigenvalue weighted by atomic mass is 19.1.